The minimum Gasteiger partial charge on any atom is -0.393 e. The van der Waals surface area contributed by atoms with E-state index in [0.717, 1.165) is 27.3 Å². The molecule has 6 nitrogen and oxygen atoms in total. The van der Waals surface area contributed by atoms with Crippen LogP contribution in [0.1, 0.15) is 81.5 Å². The predicted octanol–water partition coefficient (Wildman–Crippen LogP) is 7.72. The summed E-state index contributed by atoms with van der Waals surface area (Å²) in [4.78, 5) is 27.5. The lowest BCUT2D eigenvalue weighted by Crippen LogP contribution is -2.27. The zero-order valence-corrected chi connectivity index (χ0v) is 28.3. The van der Waals surface area contributed by atoms with Crippen LogP contribution in [0, 0.1) is 18.7 Å². The Labute approximate surface area is 278 Å². The number of anilines is 1. The highest BCUT2D eigenvalue weighted by molar-refractivity contribution is 7.92. The lowest BCUT2D eigenvalue weighted by molar-refractivity contribution is 0.0747. The number of nitrogens with zero attached hydrogens (tertiary/aromatic N) is 1. The van der Waals surface area contributed by atoms with Gasteiger partial charge in [0, 0.05) is 31.0 Å². The second kappa shape index (κ2) is 16.1. The van der Waals surface area contributed by atoms with Crippen molar-refractivity contribution in [1.82, 2.24) is 0 Å². The molecular formula is C39H44FNO5S. The molecule has 0 aromatic heterocycles. The number of rotatable bonds is 16. The van der Waals surface area contributed by atoms with E-state index in [4.69, 9.17) is 0 Å². The van der Waals surface area contributed by atoms with E-state index in [0.29, 0.717) is 31.2 Å². The van der Waals surface area contributed by atoms with E-state index in [2.05, 4.69) is 0 Å². The Morgan fingerprint density at radius 2 is 1.45 bits per heavy atom. The first-order valence-electron chi connectivity index (χ1n) is 16.0. The minimum atomic E-state index is -3.68. The fourth-order valence-electron chi connectivity index (χ4n) is 5.85. The van der Waals surface area contributed by atoms with Crippen molar-refractivity contribution in [2.24, 2.45) is 5.92 Å². The number of aryl methyl sites for hydroxylation is 2. The maximum absolute atomic E-state index is 14.3. The normalized spacial score (nSPS) is 13.5. The van der Waals surface area contributed by atoms with E-state index >= 15 is 0 Å². The van der Waals surface area contributed by atoms with Crippen molar-refractivity contribution in [2.45, 2.75) is 64.4 Å². The lowest BCUT2D eigenvalue weighted by Gasteiger charge is -2.24. The number of Topliss-reactive ketones (excluding diaryl/α,β-unsaturated/α-hetero) is 2. The monoisotopic (exact) mass is 657 g/mol. The summed E-state index contributed by atoms with van der Waals surface area (Å²) in [5.41, 5.74) is 4.21. The Morgan fingerprint density at radius 3 is 2.06 bits per heavy atom. The number of carbonyl (C=O) groups excluding carboxylic acids is 2. The number of benzene rings is 4. The summed E-state index contributed by atoms with van der Waals surface area (Å²) in [5.74, 6) is -1.32. The van der Waals surface area contributed by atoms with Gasteiger partial charge in [0.2, 0.25) is 10.0 Å². The maximum Gasteiger partial charge on any atom is 0.231 e. The number of hydrogen-bond donors (Lipinski definition) is 1. The topological polar surface area (TPSA) is 91.8 Å². The van der Waals surface area contributed by atoms with Gasteiger partial charge in [-0.1, -0.05) is 85.3 Å². The van der Waals surface area contributed by atoms with Crippen LogP contribution in [0.2, 0.25) is 0 Å². The van der Waals surface area contributed by atoms with Gasteiger partial charge >= 0.3 is 0 Å². The Balaban J connectivity index is 1.59. The molecule has 0 aliphatic carbocycles. The van der Waals surface area contributed by atoms with Crippen LogP contribution >= 0.6 is 0 Å². The van der Waals surface area contributed by atoms with Crippen molar-refractivity contribution in [3.05, 3.63) is 136 Å². The minimum absolute atomic E-state index is 0.0189. The summed E-state index contributed by atoms with van der Waals surface area (Å²) >= 11 is 0. The summed E-state index contributed by atoms with van der Waals surface area (Å²) in [5, 5.41) is 11.4. The van der Waals surface area contributed by atoms with Gasteiger partial charge in [-0.2, -0.15) is 0 Å². The van der Waals surface area contributed by atoms with Gasteiger partial charge in [-0.3, -0.25) is 13.9 Å². The molecule has 0 aliphatic rings. The molecule has 4 aromatic carbocycles. The fraction of sp³-hybridized carbons (Fsp3) is 0.333. The molecule has 3 atom stereocenters. The van der Waals surface area contributed by atoms with Crippen molar-refractivity contribution in [3.8, 4) is 0 Å². The second-order valence-electron chi connectivity index (χ2n) is 12.6. The number of aliphatic hydroxyl groups is 1. The number of aliphatic hydroxyl groups excluding tert-OH is 1. The third-order valence-corrected chi connectivity index (χ3v) is 9.97. The van der Waals surface area contributed by atoms with E-state index in [1.165, 1.54) is 31.3 Å². The Bertz CT molecular complexity index is 1780. The number of sulfonamides is 1. The molecule has 0 aliphatic heterocycles. The van der Waals surface area contributed by atoms with Gasteiger partial charge in [0.15, 0.2) is 11.6 Å². The van der Waals surface area contributed by atoms with Gasteiger partial charge < -0.3 is 5.11 Å². The number of ketones is 2. The summed E-state index contributed by atoms with van der Waals surface area (Å²) in [6.45, 7) is 3.86. The number of carbonyl (C=O) groups is 2. The highest BCUT2D eigenvalue weighted by Crippen LogP contribution is 2.28. The first-order chi connectivity index (χ1) is 22.3. The highest BCUT2D eigenvalue weighted by atomic mass is 32.2. The molecule has 8 heteroatoms. The van der Waals surface area contributed by atoms with Gasteiger partial charge in [0.25, 0.3) is 0 Å². The Hall–Kier alpha value is -4.14. The molecule has 0 fully saturated rings. The van der Waals surface area contributed by atoms with Gasteiger partial charge in [-0.05, 0) is 85.4 Å². The number of halogens is 1. The van der Waals surface area contributed by atoms with Crippen molar-refractivity contribution < 1.29 is 27.5 Å². The number of hydrogen-bond acceptors (Lipinski definition) is 5. The fourth-order valence-corrected chi connectivity index (χ4v) is 6.34. The highest BCUT2D eigenvalue weighted by Gasteiger charge is 2.26. The van der Waals surface area contributed by atoms with Crippen LogP contribution in [0.15, 0.2) is 97.1 Å². The molecule has 0 amide bonds. The summed E-state index contributed by atoms with van der Waals surface area (Å²) < 4.78 is 40.3. The molecule has 0 unspecified atom stereocenters. The zero-order valence-electron chi connectivity index (χ0n) is 27.5. The predicted molar refractivity (Wildman–Crippen MR) is 186 cm³/mol. The third kappa shape index (κ3) is 10.2. The molecule has 0 spiro atoms. The molecule has 4 aromatic rings. The van der Waals surface area contributed by atoms with Crippen molar-refractivity contribution in [1.29, 1.82) is 0 Å². The summed E-state index contributed by atoms with van der Waals surface area (Å²) in [6, 6.07) is 28.8. The zero-order chi connectivity index (χ0) is 34.1. The van der Waals surface area contributed by atoms with Crippen LogP contribution in [-0.4, -0.2) is 44.5 Å². The van der Waals surface area contributed by atoms with Crippen molar-refractivity contribution >= 4 is 27.3 Å². The molecule has 0 radical (unpaired) electrons. The molecule has 0 bridgehead atoms. The summed E-state index contributed by atoms with van der Waals surface area (Å²) in [7, 11) is -2.29. The van der Waals surface area contributed by atoms with E-state index < -0.39 is 22.0 Å². The molecule has 1 N–H and O–H groups in total. The van der Waals surface area contributed by atoms with Gasteiger partial charge in [0.05, 0.1) is 18.0 Å². The van der Waals surface area contributed by atoms with Gasteiger partial charge in [-0.15, -0.1) is 0 Å². The third-order valence-electron chi connectivity index (χ3n) is 8.76. The van der Waals surface area contributed by atoms with E-state index in [9.17, 15) is 27.5 Å². The molecule has 0 saturated carbocycles. The Kier molecular flexibility index (Phi) is 12.2. The van der Waals surface area contributed by atoms with E-state index in [1.807, 2.05) is 80.6 Å². The van der Waals surface area contributed by atoms with Crippen LogP contribution in [0.25, 0.3) is 0 Å². The standard InChI is InChI=1S/C39H44FNO5S/c1-27-18-19-36(40)31(20-27)16-11-17-37(42)32(22-29-12-7-5-8-13-29)26-39(44)34-23-33(24-35(25-34)41(3)47(4,45)46)38(43)21-28(2)30-14-9-6-10-15-30/h5-10,12-15,18-20,23-25,28,32,37,42H,11,16-17,21-22,26H2,1-4H3/t28-,32+,37+/m0/s1. The Morgan fingerprint density at radius 1 is 0.851 bits per heavy atom. The van der Waals surface area contributed by atoms with Crippen LogP contribution in [0.4, 0.5) is 10.1 Å². The quantitative estimate of drug-likeness (QED) is 0.125. The SMILES string of the molecule is Cc1ccc(F)c(CCC[C@@H](O)[C@@H](CC(=O)c2cc(C(=O)C[C@H](C)c3ccccc3)cc(N(C)S(C)(=O)=O)c2)Cc2ccccc2)c1. The largest absolute Gasteiger partial charge is 0.393 e. The maximum atomic E-state index is 14.3. The van der Waals surface area contributed by atoms with Crippen LogP contribution in [-0.2, 0) is 22.9 Å². The smallest absolute Gasteiger partial charge is 0.231 e. The van der Waals surface area contributed by atoms with Crippen LogP contribution in [0.5, 0.6) is 0 Å². The first-order valence-corrected chi connectivity index (χ1v) is 17.8. The molecular weight excluding hydrogens is 613 g/mol. The average molecular weight is 658 g/mol. The van der Waals surface area contributed by atoms with Gasteiger partial charge in [0.1, 0.15) is 5.82 Å². The molecule has 0 saturated heterocycles. The second-order valence-corrected chi connectivity index (χ2v) is 14.6. The van der Waals surface area contributed by atoms with E-state index in [1.54, 1.807) is 6.07 Å². The molecule has 0 heterocycles. The van der Waals surface area contributed by atoms with Crippen molar-refractivity contribution in [3.63, 3.8) is 0 Å². The molecule has 4 rings (SSSR count). The van der Waals surface area contributed by atoms with E-state index in [-0.39, 0.29) is 53.0 Å². The first kappa shape index (κ1) is 35.7. The molecule has 47 heavy (non-hydrogen) atoms. The van der Waals surface area contributed by atoms with Crippen molar-refractivity contribution in [2.75, 3.05) is 17.6 Å². The van der Waals surface area contributed by atoms with Gasteiger partial charge in [-0.25, -0.2) is 12.8 Å². The molecule has 248 valence electrons. The average Bonchev–Trinajstić information content (AvgIpc) is 3.05. The lowest BCUT2D eigenvalue weighted by atomic mass is 9.85. The van der Waals surface area contributed by atoms with Crippen LogP contribution in [0.3, 0.4) is 0 Å². The summed E-state index contributed by atoms with van der Waals surface area (Å²) in [6.07, 6.45) is 2.19. The van der Waals surface area contributed by atoms with Crippen LogP contribution < -0.4 is 4.31 Å².